The van der Waals surface area contributed by atoms with Crippen LogP contribution in [0.1, 0.15) is 18.4 Å². The number of fused-ring (bicyclic) bond motifs is 1. The van der Waals surface area contributed by atoms with Crippen LogP contribution >= 0.6 is 11.6 Å². The lowest BCUT2D eigenvalue weighted by Crippen LogP contribution is -2.44. The maximum absolute atomic E-state index is 13.0. The number of piperidine rings is 1. The molecule has 0 aliphatic carbocycles. The summed E-state index contributed by atoms with van der Waals surface area (Å²) in [5.74, 6) is 0.233. The number of anilines is 1. The molecular formula is C23H28ClN3O4S. The van der Waals surface area contributed by atoms with Crippen molar-refractivity contribution in [2.75, 3.05) is 39.1 Å². The highest BCUT2D eigenvalue weighted by Crippen LogP contribution is 2.30. The Balaban J connectivity index is 1.40. The van der Waals surface area contributed by atoms with Gasteiger partial charge in [0.2, 0.25) is 15.9 Å². The van der Waals surface area contributed by atoms with Gasteiger partial charge < -0.3 is 15.0 Å². The van der Waals surface area contributed by atoms with Crippen LogP contribution in [0, 0.1) is 5.92 Å². The van der Waals surface area contributed by atoms with Crippen molar-refractivity contribution in [2.24, 2.45) is 5.92 Å². The van der Waals surface area contributed by atoms with E-state index < -0.39 is 10.0 Å². The average molecular weight is 478 g/mol. The summed E-state index contributed by atoms with van der Waals surface area (Å²) in [6.07, 6.45) is 2.17. The molecule has 172 valence electrons. The summed E-state index contributed by atoms with van der Waals surface area (Å²) in [5.41, 5.74) is 1.45. The van der Waals surface area contributed by atoms with E-state index in [-0.39, 0.29) is 29.4 Å². The lowest BCUT2D eigenvalue weighted by atomic mass is 9.96. The van der Waals surface area contributed by atoms with Gasteiger partial charge in [0.15, 0.2) is 0 Å². The van der Waals surface area contributed by atoms with Crippen LogP contribution in [0.25, 0.3) is 0 Å². The number of sulfonamides is 1. The Hall–Kier alpha value is -2.13. The molecule has 1 atom stereocenters. The summed E-state index contributed by atoms with van der Waals surface area (Å²) < 4.78 is 33.3. The lowest BCUT2D eigenvalue weighted by Gasteiger charge is -2.34. The Labute approximate surface area is 194 Å². The topological polar surface area (TPSA) is 79.0 Å². The quantitative estimate of drug-likeness (QED) is 0.715. The first-order valence-electron chi connectivity index (χ1n) is 10.7. The van der Waals surface area contributed by atoms with E-state index in [0.717, 1.165) is 37.2 Å². The molecule has 1 fully saturated rings. The van der Waals surface area contributed by atoms with E-state index in [1.807, 2.05) is 19.2 Å². The molecular weight excluding hydrogens is 450 g/mol. The minimum Gasteiger partial charge on any atom is -0.492 e. The number of hydrogen-bond acceptors (Lipinski definition) is 5. The number of hydrogen-bond donors (Lipinski definition) is 1. The van der Waals surface area contributed by atoms with Crippen LogP contribution < -0.4 is 10.1 Å². The predicted molar refractivity (Wildman–Crippen MR) is 125 cm³/mol. The van der Waals surface area contributed by atoms with E-state index in [9.17, 15) is 13.2 Å². The first kappa shape index (κ1) is 23.0. The fraction of sp³-hybridized carbons (Fsp3) is 0.435. The highest BCUT2D eigenvalue weighted by molar-refractivity contribution is 7.89. The average Bonchev–Trinajstić information content (AvgIpc) is 2.79. The molecule has 7 nitrogen and oxygen atoms in total. The highest BCUT2D eigenvalue weighted by atomic mass is 35.5. The molecule has 2 aromatic carbocycles. The van der Waals surface area contributed by atoms with Crippen molar-refractivity contribution in [3.05, 3.63) is 53.1 Å². The van der Waals surface area contributed by atoms with Crippen molar-refractivity contribution in [3.63, 3.8) is 0 Å². The molecule has 1 N–H and O–H groups in total. The van der Waals surface area contributed by atoms with Gasteiger partial charge in [0.25, 0.3) is 0 Å². The monoisotopic (exact) mass is 477 g/mol. The van der Waals surface area contributed by atoms with Gasteiger partial charge in [0.05, 0.1) is 10.8 Å². The summed E-state index contributed by atoms with van der Waals surface area (Å²) in [7, 11) is 0.104. The minimum absolute atomic E-state index is 0.00161. The van der Waals surface area contributed by atoms with Gasteiger partial charge in [-0.2, -0.15) is 4.31 Å². The van der Waals surface area contributed by atoms with Crippen LogP contribution in [0.3, 0.4) is 0 Å². The Morgan fingerprint density at radius 1 is 1.16 bits per heavy atom. The number of rotatable bonds is 5. The highest BCUT2D eigenvalue weighted by Gasteiger charge is 2.30. The zero-order chi connectivity index (χ0) is 22.9. The smallest absolute Gasteiger partial charge is 0.243 e. The van der Waals surface area contributed by atoms with E-state index in [1.165, 1.54) is 4.31 Å². The fourth-order valence-corrected chi connectivity index (χ4v) is 5.82. The number of nitrogens with one attached hydrogen (secondary N) is 1. The van der Waals surface area contributed by atoms with E-state index in [2.05, 4.69) is 10.2 Å². The number of halogens is 1. The second-order valence-electron chi connectivity index (χ2n) is 8.53. The number of carbonyl (C=O) groups excluding carboxylic acids is 1. The van der Waals surface area contributed by atoms with Gasteiger partial charge in [-0.05, 0) is 87.4 Å². The van der Waals surface area contributed by atoms with Crippen molar-refractivity contribution < 1.29 is 17.9 Å². The normalized spacial score (nSPS) is 19.9. The Morgan fingerprint density at radius 3 is 2.53 bits per heavy atom. The van der Waals surface area contributed by atoms with Crippen LogP contribution in [0.15, 0.2) is 47.4 Å². The summed E-state index contributed by atoms with van der Waals surface area (Å²) in [6.45, 7) is 2.06. The number of likely N-dealkylation sites (tertiary alicyclic amines) is 1. The van der Waals surface area contributed by atoms with Crippen molar-refractivity contribution in [3.8, 4) is 5.75 Å². The molecule has 0 radical (unpaired) electrons. The molecule has 32 heavy (non-hydrogen) atoms. The van der Waals surface area contributed by atoms with Crippen LogP contribution in [-0.2, 0) is 21.2 Å². The second kappa shape index (κ2) is 9.39. The number of nitrogens with zero attached hydrogens (tertiary/aromatic N) is 2. The van der Waals surface area contributed by atoms with E-state index >= 15 is 0 Å². The van der Waals surface area contributed by atoms with Gasteiger partial charge in [-0.3, -0.25) is 4.79 Å². The van der Waals surface area contributed by atoms with E-state index in [0.29, 0.717) is 17.1 Å². The third kappa shape index (κ3) is 4.93. The maximum Gasteiger partial charge on any atom is 0.243 e. The van der Waals surface area contributed by atoms with Gasteiger partial charge in [0.1, 0.15) is 12.4 Å². The van der Waals surface area contributed by atoms with Gasteiger partial charge in [-0.15, -0.1) is 0 Å². The van der Waals surface area contributed by atoms with Gasteiger partial charge in [0, 0.05) is 23.8 Å². The van der Waals surface area contributed by atoms with Crippen molar-refractivity contribution >= 4 is 33.2 Å². The minimum atomic E-state index is -3.59. The molecule has 9 heteroatoms. The van der Waals surface area contributed by atoms with Crippen LogP contribution in [0.2, 0.25) is 5.02 Å². The molecule has 0 aromatic heterocycles. The van der Waals surface area contributed by atoms with Crippen molar-refractivity contribution in [2.45, 2.75) is 30.2 Å². The van der Waals surface area contributed by atoms with Crippen LogP contribution in [-0.4, -0.2) is 63.4 Å². The molecule has 2 heterocycles. The molecule has 4 rings (SSSR count). The Morgan fingerprint density at radius 2 is 1.84 bits per heavy atom. The SMILES string of the molecule is CN1CCC(N(C)S(=O)(=O)c2ccc(NC(=O)C3COc4ccc(Cl)cc4C3)cc2)CC1. The Kier molecular flexibility index (Phi) is 6.76. The van der Waals surface area contributed by atoms with Crippen molar-refractivity contribution in [1.29, 1.82) is 0 Å². The number of ether oxygens (including phenoxy) is 1. The molecule has 1 saturated heterocycles. The summed E-state index contributed by atoms with van der Waals surface area (Å²) >= 11 is 6.05. The molecule has 2 aliphatic heterocycles. The van der Waals surface area contributed by atoms with E-state index in [4.69, 9.17) is 16.3 Å². The van der Waals surface area contributed by atoms with Crippen LogP contribution in [0.4, 0.5) is 5.69 Å². The summed E-state index contributed by atoms with van der Waals surface area (Å²) in [4.78, 5) is 15.2. The molecule has 0 saturated carbocycles. The zero-order valence-corrected chi connectivity index (χ0v) is 19.8. The number of amides is 1. The first-order chi connectivity index (χ1) is 15.2. The van der Waals surface area contributed by atoms with Gasteiger partial charge in [-0.1, -0.05) is 11.6 Å². The summed E-state index contributed by atoms with van der Waals surface area (Å²) in [6, 6.07) is 11.7. The first-order valence-corrected chi connectivity index (χ1v) is 12.5. The summed E-state index contributed by atoms with van der Waals surface area (Å²) in [5, 5.41) is 3.47. The third-order valence-corrected chi connectivity index (χ3v) is 8.46. The third-order valence-electron chi connectivity index (χ3n) is 6.30. The van der Waals surface area contributed by atoms with Crippen molar-refractivity contribution in [1.82, 2.24) is 9.21 Å². The zero-order valence-electron chi connectivity index (χ0n) is 18.3. The molecule has 2 aromatic rings. The fourth-order valence-electron chi connectivity index (χ4n) is 4.21. The molecule has 2 aliphatic rings. The van der Waals surface area contributed by atoms with Gasteiger partial charge >= 0.3 is 0 Å². The second-order valence-corrected chi connectivity index (χ2v) is 11.0. The molecule has 0 bridgehead atoms. The van der Waals surface area contributed by atoms with E-state index in [1.54, 1.807) is 37.4 Å². The van der Waals surface area contributed by atoms with Crippen LogP contribution in [0.5, 0.6) is 5.75 Å². The molecule has 0 spiro atoms. The number of carbonyl (C=O) groups is 1. The predicted octanol–water partition coefficient (Wildman–Crippen LogP) is 3.24. The van der Waals surface area contributed by atoms with Gasteiger partial charge in [-0.25, -0.2) is 8.42 Å². The standard InChI is InChI=1S/C23H28ClN3O4S/c1-26-11-9-20(10-12-26)27(2)32(29,30)21-6-4-19(5-7-21)25-23(28)17-13-16-14-18(24)3-8-22(16)31-15-17/h3-8,14,17,20H,9-13,15H2,1-2H3,(H,25,28). The maximum atomic E-state index is 13.0. The lowest BCUT2D eigenvalue weighted by molar-refractivity contribution is -0.121. The number of benzene rings is 2. The molecule has 1 amide bonds. The molecule has 1 unspecified atom stereocenters. The Bertz CT molecular complexity index is 1080. The largest absolute Gasteiger partial charge is 0.492 e.